The van der Waals surface area contributed by atoms with Crippen LogP contribution in [0.15, 0.2) is 16.6 Å². The highest BCUT2D eigenvalue weighted by molar-refractivity contribution is 9.10. The number of rotatable bonds is 2. The molecule has 0 radical (unpaired) electrons. The predicted octanol–water partition coefficient (Wildman–Crippen LogP) is 4.37. The van der Waals surface area contributed by atoms with Gasteiger partial charge in [0, 0.05) is 15.4 Å². The first-order valence-electron chi connectivity index (χ1n) is 3.89. The largest absolute Gasteiger partial charge is 0.496 e. The second-order valence-corrected chi connectivity index (χ2v) is 4.19. The summed E-state index contributed by atoms with van der Waals surface area (Å²) in [4.78, 5) is 0. The summed E-state index contributed by atoms with van der Waals surface area (Å²) in [7, 11) is 1.42. The lowest BCUT2D eigenvalue weighted by Crippen LogP contribution is -2.07. The van der Waals surface area contributed by atoms with Gasteiger partial charge in [-0.15, -0.1) is 0 Å². The zero-order chi connectivity index (χ0) is 11.6. The molecule has 0 spiro atoms. The van der Waals surface area contributed by atoms with Crippen LogP contribution in [-0.2, 0) is 11.5 Å². The Bertz CT molecular complexity index is 363. The average Bonchev–Trinajstić information content (AvgIpc) is 2.15. The highest BCUT2D eigenvalue weighted by atomic mass is 79.9. The Morgan fingerprint density at radius 2 is 1.93 bits per heavy atom. The minimum Gasteiger partial charge on any atom is -0.496 e. The van der Waals surface area contributed by atoms with Crippen LogP contribution in [0.3, 0.4) is 0 Å². The van der Waals surface area contributed by atoms with Crippen LogP contribution in [0.1, 0.15) is 11.1 Å². The summed E-state index contributed by atoms with van der Waals surface area (Å²) in [6.07, 6.45) is -4.36. The van der Waals surface area contributed by atoms with E-state index in [4.69, 9.17) is 4.74 Å². The summed E-state index contributed by atoms with van der Waals surface area (Å²) in [5, 5.41) is 0.312. The minimum absolute atomic E-state index is 0.0171. The molecule has 0 N–H and O–H groups in total. The van der Waals surface area contributed by atoms with Crippen molar-refractivity contribution in [3.05, 3.63) is 27.7 Å². The van der Waals surface area contributed by atoms with E-state index in [9.17, 15) is 13.2 Å². The van der Waals surface area contributed by atoms with Crippen LogP contribution in [0.5, 0.6) is 5.75 Å². The van der Waals surface area contributed by atoms with Crippen molar-refractivity contribution in [2.24, 2.45) is 0 Å². The molecule has 0 atom stereocenters. The lowest BCUT2D eigenvalue weighted by atomic mass is 10.1. The summed E-state index contributed by atoms with van der Waals surface area (Å²) < 4.78 is 42.5. The highest BCUT2D eigenvalue weighted by Crippen LogP contribution is 2.38. The normalized spacial score (nSPS) is 11.6. The molecule has 0 aliphatic carbocycles. The average molecular weight is 348 g/mol. The molecule has 1 rings (SSSR count). The molecule has 0 fully saturated rings. The number of alkyl halides is 4. The van der Waals surface area contributed by atoms with E-state index < -0.39 is 11.7 Å². The zero-order valence-corrected chi connectivity index (χ0v) is 10.8. The van der Waals surface area contributed by atoms with Gasteiger partial charge in [0.25, 0.3) is 0 Å². The molecule has 1 aromatic carbocycles. The van der Waals surface area contributed by atoms with Crippen molar-refractivity contribution in [1.29, 1.82) is 0 Å². The van der Waals surface area contributed by atoms with Gasteiger partial charge in [-0.3, -0.25) is 0 Å². The first kappa shape index (κ1) is 12.8. The molecule has 1 nitrogen and oxygen atoms in total. The molecule has 0 aliphatic heterocycles. The Kier molecular flexibility index (Phi) is 4.06. The Balaban J connectivity index is 3.32. The van der Waals surface area contributed by atoms with Crippen LogP contribution in [0.4, 0.5) is 13.2 Å². The molecule has 15 heavy (non-hydrogen) atoms. The molecule has 0 saturated carbocycles. The number of hydrogen-bond acceptors (Lipinski definition) is 1. The van der Waals surface area contributed by atoms with Crippen LogP contribution in [0.25, 0.3) is 0 Å². The molecule has 1 aromatic rings. The van der Waals surface area contributed by atoms with Crippen molar-refractivity contribution in [2.75, 3.05) is 7.11 Å². The van der Waals surface area contributed by atoms with Crippen molar-refractivity contribution in [3.8, 4) is 5.75 Å². The fourth-order valence-electron chi connectivity index (χ4n) is 1.11. The number of benzene rings is 1. The van der Waals surface area contributed by atoms with Gasteiger partial charge in [0.1, 0.15) is 5.75 Å². The smallest absolute Gasteiger partial charge is 0.417 e. The first-order valence-corrected chi connectivity index (χ1v) is 5.81. The molecule has 6 heteroatoms. The summed E-state index contributed by atoms with van der Waals surface area (Å²) in [5.74, 6) is 0.423. The summed E-state index contributed by atoms with van der Waals surface area (Å²) >= 11 is 5.98. The van der Waals surface area contributed by atoms with E-state index in [2.05, 4.69) is 31.9 Å². The van der Waals surface area contributed by atoms with Gasteiger partial charge in [0.15, 0.2) is 0 Å². The molecular formula is C9H7Br2F3O. The van der Waals surface area contributed by atoms with E-state index in [1.807, 2.05) is 0 Å². The van der Waals surface area contributed by atoms with Crippen LogP contribution in [0.2, 0.25) is 0 Å². The third kappa shape index (κ3) is 2.87. The van der Waals surface area contributed by atoms with Gasteiger partial charge >= 0.3 is 6.18 Å². The van der Waals surface area contributed by atoms with E-state index in [1.54, 1.807) is 0 Å². The first-order chi connectivity index (χ1) is 6.90. The summed E-state index contributed by atoms with van der Waals surface area (Å²) in [5.41, 5.74) is -0.231. The van der Waals surface area contributed by atoms with Crippen LogP contribution >= 0.6 is 31.9 Å². The predicted molar refractivity (Wildman–Crippen MR) is 58.3 cm³/mol. The fourth-order valence-corrected chi connectivity index (χ4v) is 2.10. The van der Waals surface area contributed by atoms with Gasteiger partial charge in [-0.05, 0) is 12.1 Å². The summed E-state index contributed by atoms with van der Waals surface area (Å²) in [6.45, 7) is 0. The van der Waals surface area contributed by atoms with E-state index in [0.717, 1.165) is 6.07 Å². The maximum atomic E-state index is 12.5. The molecule has 0 heterocycles. The van der Waals surface area contributed by atoms with Gasteiger partial charge in [-0.1, -0.05) is 31.9 Å². The Morgan fingerprint density at radius 1 is 1.33 bits per heavy atom. The van der Waals surface area contributed by atoms with E-state index in [1.165, 1.54) is 13.2 Å². The molecule has 0 saturated heterocycles. The quantitative estimate of drug-likeness (QED) is 0.722. The van der Waals surface area contributed by atoms with Crippen molar-refractivity contribution in [3.63, 3.8) is 0 Å². The van der Waals surface area contributed by atoms with Gasteiger partial charge < -0.3 is 4.74 Å². The standard InChI is InChI=1S/C9H7Br2F3O/c1-15-8-3-7(11)6(9(12,13)14)2-5(8)4-10/h2-3H,4H2,1H3. The number of hydrogen-bond donors (Lipinski definition) is 0. The molecule has 0 amide bonds. The second-order valence-electron chi connectivity index (χ2n) is 2.78. The molecule has 0 bridgehead atoms. The number of methoxy groups -OCH3 is 1. The molecular weight excluding hydrogens is 341 g/mol. The van der Waals surface area contributed by atoms with Crippen molar-refractivity contribution >= 4 is 31.9 Å². The lowest BCUT2D eigenvalue weighted by Gasteiger charge is -2.13. The molecule has 0 unspecified atom stereocenters. The Morgan fingerprint density at radius 3 is 2.33 bits per heavy atom. The van der Waals surface area contributed by atoms with Gasteiger partial charge in [-0.2, -0.15) is 13.2 Å². The molecule has 0 aromatic heterocycles. The Hall–Kier alpha value is -0.230. The fraction of sp³-hybridized carbons (Fsp3) is 0.333. The van der Waals surface area contributed by atoms with Crippen molar-refractivity contribution in [2.45, 2.75) is 11.5 Å². The maximum absolute atomic E-state index is 12.5. The van der Waals surface area contributed by atoms with Crippen LogP contribution in [0, 0.1) is 0 Å². The van der Waals surface area contributed by atoms with E-state index in [0.29, 0.717) is 16.6 Å². The van der Waals surface area contributed by atoms with Gasteiger partial charge in [0.2, 0.25) is 0 Å². The SMILES string of the molecule is COc1cc(Br)c(C(F)(F)F)cc1CBr. The van der Waals surface area contributed by atoms with Crippen LogP contribution in [-0.4, -0.2) is 7.11 Å². The van der Waals surface area contributed by atoms with Gasteiger partial charge in [-0.25, -0.2) is 0 Å². The lowest BCUT2D eigenvalue weighted by molar-refractivity contribution is -0.138. The van der Waals surface area contributed by atoms with E-state index in [-0.39, 0.29) is 4.47 Å². The topological polar surface area (TPSA) is 9.23 Å². The maximum Gasteiger partial charge on any atom is 0.417 e. The number of halogens is 5. The van der Waals surface area contributed by atoms with Crippen molar-refractivity contribution < 1.29 is 17.9 Å². The molecule has 0 aliphatic rings. The van der Waals surface area contributed by atoms with E-state index >= 15 is 0 Å². The zero-order valence-electron chi connectivity index (χ0n) is 7.66. The van der Waals surface area contributed by atoms with Gasteiger partial charge in [0.05, 0.1) is 12.7 Å². The third-order valence-electron chi connectivity index (χ3n) is 1.82. The second kappa shape index (κ2) is 4.74. The van der Waals surface area contributed by atoms with Crippen LogP contribution < -0.4 is 4.74 Å². The highest BCUT2D eigenvalue weighted by Gasteiger charge is 2.33. The molecule has 84 valence electrons. The third-order valence-corrected chi connectivity index (χ3v) is 3.08. The monoisotopic (exact) mass is 346 g/mol. The Labute approximate surface area is 102 Å². The number of ether oxygens (including phenoxy) is 1. The summed E-state index contributed by atoms with van der Waals surface area (Å²) in [6, 6.07) is 2.39. The van der Waals surface area contributed by atoms with Crippen molar-refractivity contribution in [1.82, 2.24) is 0 Å². The minimum atomic E-state index is -4.36.